The van der Waals surface area contributed by atoms with Gasteiger partial charge in [0.1, 0.15) is 11.9 Å². The van der Waals surface area contributed by atoms with E-state index in [-0.39, 0.29) is 5.92 Å². The maximum atomic E-state index is 10.2. The lowest BCUT2D eigenvalue weighted by Gasteiger charge is -2.16. The summed E-state index contributed by atoms with van der Waals surface area (Å²) in [6, 6.07) is 5.30. The van der Waals surface area contributed by atoms with Crippen molar-refractivity contribution in [2.24, 2.45) is 5.92 Å². The van der Waals surface area contributed by atoms with Crippen molar-refractivity contribution in [1.29, 1.82) is 0 Å². The van der Waals surface area contributed by atoms with Crippen molar-refractivity contribution in [2.75, 3.05) is 7.11 Å². The van der Waals surface area contributed by atoms with Crippen LogP contribution in [0.4, 0.5) is 0 Å². The minimum Gasteiger partial charge on any atom is -0.495 e. The van der Waals surface area contributed by atoms with Gasteiger partial charge in [-0.3, -0.25) is 0 Å². The molecule has 2 atom stereocenters. The Labute approximate surface area is 127 Å². The summed E-state index contributed by atoms with van der Waals surface area (Å²) in [4.78, 5) is 0. The Hall–Kier alpha value is -1.17. The van der Waals surface area contributed by atoms with Gasteiger partial charge in [0.25, 0.3) is 0 Å². The van der Waals surface area contributed by atoms with Crippen LogP contribution in [0.1, 0.15) is 45.1 Å². The number of unbranched alkanes of at least 4 members (excludes halogenated alkanes) is 1. The molecule has 2 unspecified atom stereocenters. The van der Waals surface area contributed by atoms with E-state index in [1.807, 2.05) is 0 Å². The zero-order chi connectivity index (χ0) is 15.0. The van der Waals surface area contributed by atoms with Crippen molar-refractivity contribution in [1.82, 2.24) is 0 Å². The van der Waals surface area contributed by atoms with Crippen molar-refractivity contribution in [3.63, 3.8) is 0 Å². The second-order valence-electron chi connectivity index (χ2n) is 4.87. The van der Waals surface area contributed by atoms with Crippen LogP contribution in [0.15, 0.2) is 18.2 Å². The summed E-state index contributed by atoms with van der Waals surface area (Å²) in [5.74, 6) is 6.82. The first-order valence-electron chi connectivity index (χ1n) is 7.15. The fourth-order valence-electron chi connectivity index (χ4n) is 2.10. The summed E-state index contributed by atoms with van der Waals surface area (Å²) in [5, 5.41) is 10.8. The Morgan fingerprint density at radius 1 is 1.35 bits per heavy atom. The SMILES string of the molecule is CCCCC(CC)C(O)C#Cc1cc(Cl)ccc1OC. The molecular weight excluding hydrogens is 272 g/mol. The number of aliphatic hydroxyl groups excluding tert-OH is 1. The molecule has 1 rings (SSSR count). The van der Waals surface area contributed by atoms with Crippen molar-refractivity contribution in [3.8, 4) is 17.6 Å². The van der Waals surface area contributed by atoms with Crippen LogP contribution in [0.3, 0.4) is 0 Å². The highest BCUT2D eigenvalue weighted by Crippen LogP contribution is 2.22. The fourth-order valence-corrected chi connectivity index (χ4v) is 2.27. The van der Waals surface area contributed by atoms with Gasteiger partial charge in [-0.1, -0.05) is 50.1 Å². The lowest BCUT2D eigenvalue weighted by Crippen LogP contribution is -2.17. The van der Waals surface area contributed by atoms with Crippen molar-refractivity contribution < 1.29 is 9.84 Å². The molecule has 0 aliphatic carbocycles. The highest BCUT2D eigenvalue weighted by atomic mass is 35.5. The number of hydrogen-bond donors (Lipinski definition) is 1. The van der Waals surface area contributed by atoms with Crippen molar-refractivity contribution in [3.05, 3.63) is 28.8 Å². The van der Waals surface area contributed by atoms with E-state index in [1.54, 1.807) is 25.3 Å². The van der Waals surface area contributed by atoms with Gasteiger partial charge in [0.05, 0.1) is 12.7 Å². The molecule has 0 aliphatic heterocycles. The van der Waals surface area contributed by atoms with Gasteiger partial charge in [0, 0.05) is 5.02 Å². The molecule has 0 aliphatic rings. The third-order valence-electron chi connectivity index (χ3n) is 3.42. The topological polar surface area (TPSA) is 29.5 Å². The van der Waals surface area contributed by atoms with Gasteiger partial charge in [-0.2, -0.15) is 0 Å². The molecule has 0 saturated heterocycles. The van der Waals surface area contributed by atoms with Crippen LogP contribution in [0.5, 0.6) is 5.75 Å². The van der Waals surface area contributed by atoms with E-state index in [0.29, 0.717) is 16.3 Å². The average molecular weight is 295 g/mol. The van der Waals surface area contributed by atoms with E-state index in [4.69, 9.17) is 16.3 Å². The first kappa shape index (κ1) is 16.9. The van der Waals surface area contributed by atoms with Gasteiger partial charge in [-0.15, -0.1) is 0 Å². The largest absolute Gasteiger partial charge is 0.495 e. The molecule has 1 aromatic rings. The predicted octanol–water partition coefficient (Wildman–Crippen LogP) is 4.28. The van der Waals surface area contributed by atoms with Gasteiger partial charge in [-0.25, -0.2) is 0 Å². The van der Waals surface area contributed by atoms with Crippen LogP contribution in [0.2, 0.25) is 5.02 Å². The van der Waals surface area contributed by atoms with Gasteiger partial charge >= 0.3 is 0 Å². The highest BCUT2D eigenvalue weighted by molar-refractivity contribution is 6.30. The maximum Gasteiger partial charge on any atom is 0.134 e. The number of methoxy groups -OCH3 is 1. The fraction of sp³-hybridized carbons (Fsp3) is 0.529. The number of hydrogen-bond acceptors (Lipinski definition) is 2. The van der Waals surface area contributed by atoms with E-state index >= 15 is 0 Å². The zero-order valence-electron chi connectivity index (χ0n) is 12.4. The van der Waals surface area contributed by atoms with Gasteiger partial charge in [0.15, 0.2) is 0 Å². The minimum absolute atomic E-state index is 0.229. The number of rotatable bonds is 6. The average Bonchev–Trinajstić information content (AvgIpc) is 2.46. The lowest BCUT2D eigenvalue weighted by atomic mass is 9.93. The summed E-state index contributed by atoms with van der Waals surface area (Å²) in [6.45, 7) is 4.24. The first-order valence-corrected chi connectivity index (χ1v) is 7.53. The third-order valence-corrected chi connectivity index (χ3v) is 3.65. The molecule has 110 valence electrons. The van der Waals surface area contributed by atoms with Crippen LogP contribution in [0.25, 0.3) is 0 Å². The molecule has 0 fully saturated rings. The smallest absolute Gasteiger partial charge is 0.134 e. The normalized spacial score (nSPS) is 13.2. The standard InChI is InChI=1S/C17H23ClO2/c1-4-6-7-13(5-2)16(19)10-8-14-12-15(18)9-11-17(14)20-3/h9,11-13,16,19H,4-7H2,1-3H3. The van der Waals surface area contributed by atoms with Crippen LogP contribution in [-0.4, -0.2) is 18.3 Å². The summed E-state index contributed by atoms with van der Waals surface area (Å²) < 4.78 is 5.24. The predicted molar refractivity (Wildman–Crippen MR) is 84.2 cm³/mol. The van der Waals surface area contributed by atoms with E-state index in [1.165, 1.54) is 0 Å². The second-order valence-corrected chi connectivity index (χ2v) is 5.31. The van der Waals surface area contributed by atoms with Crippen LogP contribution in [-0.2, 0) is 0 Å². The summed E-state index contributed by atoms with van der Waals surface area (Å²) in [7, 11) is 1.60. The lowest BCUT2D eigenvalue weighted by molar-refractivity contribution is 0.150. The Balaban J connectivity index is 2.84. The molecule has 0 amide bonds. The molecule has 1 N–H and O–H groups in total. The molecule has 20 heavy (non-hydrogen) atoms. The van der Waals surface area contributed by atoms with Crippen molar-refractivity contribution in [2.45, 2.75) is 45.6 Å². The number of halogens is 1. The summed E-state index contributed by atoms with van der Waals surface area (Å²) >= 11 is 5.96. The molecule has 2 nitrogen and oxygen atoms in total. The van der Waals surface area contributed by atoms with Gasteiger partial charge in [-0.05, 0) is 37.0 Å². The van der Waals surface area contributed by atoms with Crippen LogP contribution < -0.4 is 4.74 Å². The van der Waals surface area contributed by atoms with E-state index in [9.17, 15) is 5.11 Å². The minimum atomic E-state index is -0.602. The van der Waals surface area contributed by atoms with Crippen LogP contribution >= 0.6 is 11.6 Å². The molecule has 0 bridgehead atoms. The molecule has 0 saturated carbocycles. The first-order chi connectivity index (χ1) is 9.62. The highest BCUT2D eigenvalue weighted by Gasteiger charge is 2.14. The Bertz CT molecular complexity index is 474. The molecule has 0 aromatic heterocycles. The van der Waals surface area contributed by atoms with Crippen LogP contribution in [0, 0.1) is 17.8 Å². The van der Waals surface area contributed by atoms with Gasteiger partial charge in [0.2, 0.25) is 0 Å². The summed E-state index contributed by atoms with van der Waals surface area (Å²) in [5.41, 5.74) is 0.712. The second kappa shape index (κ2) is 8.89. The van der Waals surface area contributed by atoms with E-state index in [2.05, 4.69) is 25.7 Å². The number of benzene rings is 1. The Morgan fingerprint density at radius 2 is 2.10 bits per heavy atom. The Morgan fingerprint density at radius 3 is 2.70 bits per heavy atom. The maximum absolute atomic E-state index is 10.2. The zero-order valence-corrected chi connectivity index (χ0v) is 13.2. The summed E-state index contributed by atoms with van der Waals surface area (Å²) in [6.07, 6.45) is 3.60. The molecule has 0 spiro atoms. The number of aliphatic hydroxyl groups is 1. The molecule has 0 radical (unpaired) electrons. The third kappa shape index (κ3) is 5.07. The number of ether oxygens (including phenoxy) is 1. The molecule has 0 heterocycles. The Kier molecular flexibility index (Phi) is 7.51. The molecule has 1 aromatic carbocycles. The van der Waals surface area contributed by atoms with Gasteiger partial charge < -0.3 is 9.84 Å². The van der Waals surface area contributed by atoms with E-state index < -0.39 is 6.10 Å². The quantitative estimate of drug-likeness (QED) is 0.794. The molecule has 3 heteroatoms. The monoisotopic (exact) mass is 294 g/mol. The van der Waals surface area contributed by atoms with Crippen molar-refractivity contribution >= 4 is 11.6 Å². The molecular formula is C17H23ClO2. The van der Waals surface area contributed by atoms with E-state index in [0.717, 1.165) is 25.7 Å².